The Balaban J connectivity index is 3.19. The molecule has 0 unspecified atom stereocenters. The molecule has 4 nitrogen and oxygen atoms in total. The number of esters is 1. The van der Waals surface area contributed by atoms with E-state index in [1.165, 1.54) is 0 Å². The molecule has 0 saturated heterocycles. The number of benzene rings is 1. The van der Waals surface area contributed by atoms with Crippen molar-refractivity contribution in [1.82, 2.24) is 0 Å². The quantitative estimate of drug-likeness (QED) is 0.800. The molecule has 18 heavy (non-hydrogen) atoms. The average molecular weight is 320 g/mol. The molecule has 1 aromatic carbocycles. The Hall–Kier alpha value is -1.68. The van der Waals surface area contributed by atoms with Crippen LogP contribution in [0.15, 0.2) is 16.6 Å². The number of hydrogen-bond donors (Lipinski definition) is 0. The summed E-state index contributed by atoms with van der Waals surface area (Å²) in [6.45, 7) is -1.24. The van der Waals surface area contributed by atoms with E-state index >= 15 is 0 Å². The van der Waals surface area contributed by atoms with Gasteiger partial charge in [-0.1, -0.05) is 0 Å². The van der Waals surface area contributed by atoms with Gasteiger partial charge in [0, 0.05) is 4.47 Å². The first-order valence-electron chi connectivity index (χ1n) is 4.85. The highest BCUT2D eigenvalue weighted by Gasteiger charge is 2.18. The fourth-order valence-corrected chi connectivity index (χ4v) is 1.69. The van der Waals surface area contributed by atoms with Gasteiger partial charge in [-0.05, 0) is 35.0 Å². The molecule has 0 radical (unpaired) electrons. The Morgan fingerprint density at radius 2 is 2.22 bits per heavy atom. The summed E-state index contributed by atoms with van der Waals surface area (Å²) in [6.07, 6.45) is 0. The molecular formula is C11H8BrF2NO3. The van der Waals surface area contributed by atoms with Crippen LogP contribution in [0.3, 0.4) is 0 Å². The number of alkyl halides is 2. The largest absolute Gasteiger partial charge is 0.462 e. The lowest BCUT2D eigenvalue weighted by molar-refractivity contribution is -0.0500. The monoisotopic (exact) mass is 319 g/mol. The minimum atomic E-state index is -3.04. The average Bonchev–Trinajstić information content (AvgIpc) is 2.28. The van der Waals surface area contributed by atoms with Crippen LogP contribution in [0.4, 0.5) is 8.78 Å². The Morgan fingerprint density at radius 3 is 2.72 bits per heavy atom. The lowest BCUT2D eigenvalue weighted by Gasteiger charge is -2.10. The summed E-state index contributed by atoms with van der Waals surface area (Å²) in [5.41, 5.74) is -0.0865. The van der Waals surface area contributed by atoms with E-state index < -0.39 is 12.6 Å². The summed E-state index contributed by atoms with van der Waals surface area (Å²) in [6, 6.07) is 3.95. The number of halogens is 3. The Kier molecular flexibility index (Phi) is 5.04. The third-order valence-corrected chi connectivity index (χ3v) is 2.56. The Bertz CT molecular complexity index is 500. The molecule has 0 aliphatic heterocycles. The highest BCUT2D eigenvalue weighted by atomic mass is 79.9. The first-order valence-corrected chi connectivity index (χ1v) is 5.64. The highest BCUT2D eigenvalue weighted by Crippen LogP contribution is 2.29. The van der Waals surface area contributed by atoms with E-state index in [2.05, 4.69) is 20.7 Å². The predicted octanol–water partition coefficient (Wildman–Crippen LogP) is 3.10. The molecule has 0 saturated carbocycles. The van der Waals surface area contributed by atoms with E-state index in [0.717, 1.165) is 12.1 Å². The fourth-order valence-electron chi connectivity index (χ4n) is 1.20. The van der Waals surface area contributed by atoms with Crippen LogP contribution in [0.1, 0.15) is 22.8 Å². The molecule has 0 heterocycles. The Morgan fingerprint density at radius 1 is 1.56 bits per heavy atom. The van der Waals surface area contributed by atoms with Gasteiger partial charge in [-0.15, -0.1) is 0 Å². The second-order valence-electron chi connectivity index (χ2n) is 3.04. The smallest absolute Gasteiger partial charge is 0.387 e. The van der Waals surface area contributed by atoms with Crippen molar-refractivity contribution in [2.75, 3.05) is 6.61 Å². The zero-order valence-corrected chi connectivity index (χ0v) is 10.8. The van der Waals surface area contributed by atoms with E-state index in [0.29, 0.717) is 0 Å². The SMILES string of the molecule is CCOC(=O)c1cc(C#N)c(OC(F)F)cc1Br. The van der Waals surface area contributed by atoms with Gasteiger partial charge in [0.05, 0.1) is 17.7 Å². The van der Waals surface area contributed by atoms with Gasteiger partial charge in [0.2, 0.25) is 0 Å². The molecule has 0 aliphatic rings. The van der Waals surface area contributed by atoms with Crippen molar-refractivity contribution in [3.05, 3.63) is 27.7 Å². The van der Waals surface area contributed by atoms with Crippen LogP contribution in [0, 0.1) is 11.3 Å². The summed E-state index contributed by atoms with van der Waals surface area (Å²) >= 11 is 3.04. The van der Waals surface area contributed by atoms with Crippen molar-refractivity contribution in [2.24, 2.45) is 0 Å². The number of nitrogens with zero attached hydrogens (tertiary/aromatic N) is 1. The van der Waals surface area contributed by atoms with Gasteiger partial charge >= 0.3 is 12.6 Å². The molecule has 0 aliphatic carbocycles. The fraction of sp³-hybridized carbons (Fsp3) is 0.273. The molecular weight excluding hydrogens is 312 g/mol. The maximum absolute atomic E-state index is 12.1. The van der Waals surface area contributed by atoms with Crippen molar-refractivity contribution in [1.29, 1.82) is 5.26 Å². The van der Waals surface area contributed by atoms with E-state index in [9.17, 15) is 13.6 Å². The van der Waals surface area contributed by atoms with Crippen LogP contribution in [0.5, 0.6) is 5.75 Å². The van der Waals surface area contributed by atoms with Gasteiger partial charge in [-0.3, -0.25) is 0 Å². The summed E-state index contributed by atoms with van der Waals surface area (Å²) in [4.78, 5) is 11.5. The summed E-state index contributed by atoms with van der Waals surface area (Å²) in [7, 11) is 0. The van der Waals surface area contributed by atoms with Gasteiger partial charge in [-0.2, -0.15) is 14.0 Å². The van der Waals surface area contributed by atoms with Crippen molar-refractivity contribution < 1.29 is 23.0 Å². The van der Waals surface area contributed by atoms with Gasteiger partial charge < -0.3 is 9.47 Å². The van der Waals surface area contributed by atoms with Crippen LogP contribution in [-0.2, 0) is 4.74 Å². The molecule has 0 spiro atoms. The van der Waals surface area contributed by atoms with E-state index in [1.54, 1.807) is 13.0 Å². The maximum atomic E-state index is 12.1. The molecule has 0 bridgehead atoms. The summed E-state index contributed by atoms with van der Waals surface area (Å²) in [5, 5.41) is 8.82. The molecule has 0 aromatic heterocycles. The maximum Gasteiger partial charge on any atom is 0.387 e. The summed E-state index contributed by atoms with van der Waals surface area (Å²) < 4.78 is 33.4. The zero-order valence-electron chi connectivity index (χ0n) is 9.25. The third-order valence-electron chi connectivity index (χ3n) is 1.90. The Labute approximate surface area is 110 Å². The molecule has 7 heteroatoms. The third kappa shape index (κ3) is 3.40. The first kappa shape index (κ1) is 14.4. The number of carbonyl (C=O) groups is 1. The normalized spacial score (nSPS) is 10.0. The minimum absolute atomic E-state index is 0.0787. The topological polar surface area (TPSA) is 59.3 Å². The number of carbonyl (C=O) groups excluding carboxylic acids is 1. The molecule has 0 atom stereocenters. The molecule has 1 rings (SSSR count). The highest BCUT2D eigenvalue weighted by molar-refractivity contribution is 9.10. The second kappa shape index (κ2) is 6.31. The molecule has 0 N–H and O–H groups in total. The zero-order chi connectivity index (χ0) is 13.7. The molecule has 0 amide bonds. The predicted molar refractivity (Wildman–Crippen MR) is 61.4 cm³/mol. The van der Waals surface area contributed by atoms with Gasteiger partial charge in [-0.25, -0.2) is 4.79 Å². The van der Waals surface area contributed by atoms with Gasteiger partial charge in [0.1, 0.15) is 11.8 Å². The van der Waals surface area contributed by atoms with Crippen LogP contribution in [-0.4, -0.2) is 19.2 Å². The number of rotatable bonds is 4. The van der Waals surface area contributed by atoms with Gasteiger partial charge in [0.25, 0.3) is 0 Å². The van der Waals surface area contributed by atoms with Crippen molar-refractivity contribution >= 4 is 21.9 Å². The lowest BCUT2D eigenvalue weighted by atomic mass is 10.1. The standard InChI is InChI=1S/C11H8BrF2NO3/c1-2-17-10(16)7-3-6(5-15)9(4-8(7)12)18-11(13)14/h3-4,11H,2H2,1H3. The number of nitriles is 1. The van der Waals surface area contributed by atoms with Crippen molar-refractivity contribution in [3.8, 4) is 11.8 Å². The van der Waals surface area contributed by atoms with Crippen LogP contribution < -0.4 is 4.74 Å². The number of hydrogen-bond acceptors (Lipinski definition) is 4. The van der Waals surface area contributed by atoms with E-state index in [-0.39, 0.29) is 28.0 Å². The van der Waals surface area contributed by atoms with Crippen molar-refractivity contribution in [2.45, 2.75) is 13.5 Å². The van der Waals surface area contributed by atoms with E-state index in [4.69, 9.17) is 10.00 Å². The van der Waals surface area contributed by atoms with Crippen LogP contribution in [0.2, 0.25) is 0 Å². The van der Waals surface area contributed by atoms with Crippen molar-refractivity contribution in [3.63, 3.8) is 0 Å². The molecule has 0 fully saturated rings. The van der Waals surface area contributed by atoms with E-state index in [1.807, 2.05) is 0 Å². The first-order chi connectivity index (χ1) is 8.49. The van der Waals surface area contributed by atoms with Crippen LogP contribution >= 0.6 is 15.9 Å². The molecule has 96 valence electrons. The number of ether oxygens (including phenoxy) is 2. The molecule has 1 aromatic rings. The summed E-state index contributed by atoms with van der Waals surface area (Å²) in [5.74, 6) is -0.947. The van der Waals surface area contributed by atoms with Gasteiger partial charge in [0.15, 0.2) is 0 Å². The minimum Gasteiger partial charge on any atom is -0.462 e. The lowest BCUT2D eigenvalue weighted by Crippen LogP contribution is -2.08. The second-order valence-corrected chi connectivity index (χ2v) is 3.89. The van der Waals surface area contributed by atoms with Crippen LogP contribution in [0.25, 0.3) is 0 Å².